The van der Waals surface area contributed by atoms with Gasteiger partial charge in [-0.15, -0.1) is 0 Å². The van der Waals surface area contributed by atoms with Gasteiger partial charge in [-0.3, -0.25) is 4.79 Å². The van der Waals surface area contributed by atoms with Crippen molar-refractivity contribution in [3.05, 3.63) is 92.1 Å². The molecular formula is C21H14BrClN2O2. The number of benzene rings is 3. The molecule has 134 valence electrons. The van der Waals surface area contributed by atoms with E-state index in [1.54, 1.807) is 6.07 Å². The van der Waals surface area contributed by atoms with Gasteiger partial charge >= 0.3 is 0 Å². The van der Waals surface area contributed by atoms with Crippen LogP contribution in [-0.4, -0.2) is 9.97 Å². The number of para-hydroxylation sites is 1. The lowest BCUT2D eigenvalue weighted by atomic mass is 10.1. The lowest BCUT2D eigenvalue weighted by Gasteiger charge is -2.12. The van der Waals surface area contributed by atoms with E-state index in [1.165, 1.54) is 0 Å². The standard InChI is InChI=1S/C21H14BrClN2O2/c22-14-7-10-19(27-12-13-5-8-15(23)9-6-13)17(11-14)20-24-18-4-2-1-3-16(18)21(26)25-20/h1-11H,12H2,(H,24,25,26). The zero-order valence-electron chi connectivity index (χ0n) is 14.1. The molecule has 1 N–H and O–H groups in total. The highest BCUT2D eigenvalue weighted by Gasteiger charge is 2.12. The van der Waals surface area contributed by atoms with E-state index in [9.17, 15) is 4.79 Å². The second kappa shape index (κ2) is 7.55. The maximum Gasteiger partial charge on any atom is 0.259 e. The summed E-state index contributed by atoms with van der Waals surface area (Å²) in [6.07, 6.45) is 0. The van der Waals surface area contributed by atoms with Crippen molar-refractivity contribution < 1.29 is 4.74 Å². The van der Waals surface area contributed by atoms with Gasteiger partial charge in [0.15, 0.2) is 0 Å². The van der Waals surface area contributed by atoms with Gasteiger partial charge < -0.3 is 9.72 Å². The molecule has 6 heteroatoms. The van der Waals surface area contributed by atoms with Gasteiger partial charge in [-0.05, 0) is 48.0 Å². The summed E-state index contributed by atoms with van der Waals surface area (Å²) in [5, 5.41) is 1.24. The minimum Gasteiger partial charge on any atom is -0.488 e. The number of rotatable bonds is 4. The molecule has 27 heavy (non-hydrogen) atoms. The van der Waals surface area contributed by atoms with E-state index in [0.717, 1.165) is 10.0 Å². The van der Waals surface area contributed by atoms with Gasteiger partial charge in [0.25, 0.3) is 5.56 Å². The van der Waals surface area contributed by atoms with E-state index in [-0.39, 0.29) is 5.56 Å². The minimum absolute atomic E-state index is 0.181. The lowest BCUT2D eigenvalue weighted by Crippen LogP contribution is -2.10. The average Bonchev–Trinajstić information content (AvgIpc) is 2.68. The molecule has 4 rings (SSSR count). The molecular weight excluding hydrogens is 428 g/mol. The Morgan fingerprint density at radius 1 is 1.04 bits per heavy atom. The van der Waals surface area contributed by atoms with E-state index in [4.69, 9.17) is 16.3 Å². The van der Waals surface area contributed by atoms with Crippen LogP contribution in [0.3, 0.4) is 0 Å². The molecule has 3 aromatic carbocycles. The van der Waals surface area contributed by atoms with Crippen molar-refractivity contribution in [1.29, 1.82) is 0 Å². The van der Waals surface area contributed by atoms with Gasteiger partial charge in [-0.1, -0.05) is 51.8 Å². The predicted octanol–water partition coefficient (Wildman–Crippen LogP) is 5.59. The third-order valence-electron chi connectivity index (χ3n) is 4.12. The molecule has 1 heterocycles. The highest BCUT2D eigenvalue weighted by atomic mass is 79.9. The predicted molar refractivity (Wildman–Crippen MR) is 111 cm³/mol. The Morgan fingerprint density at radius 3 is 2.63 bits per heavy atom. The van der Waals surface area contributed by atoms with Crippen LogP contribution in [0.2, 0.25) is 5.02 Å². The van der Waals surface area contributed by atoms with Crippen LogP contribution in [-0.2, 0) is 6.61 Å². The fraction of sp³-hybridized carbons (Fsp3) is 0.0476. The topological polar surface area (TPSA) is 55.0 Å². The van der Waals surface area contributed by atoms with Crippen LogP contribution in [0, 0.1) is 0 Å². The first-order valence-corrected chi connectivity index (χ1v) is 9.43. The maximum atomic E-state index is 12.4. The number of aromatic nitrogens is 2. The summed E-state index contributed by atoms with van der Waals surface area (Å²) in [4.78, 5) is 19.9. The number of fused-ring (bicyclic) bond motifs is 1. The summed E-state index contributed by atoms with van der Waals surface area (Å²) in [6.45, 7) is 0.379. The SMILES string of the molecule is O=c1[nH]c(-c2cc(Br)ccc2OCc2ccc(Cl)cc2)nc2ccccc12. The van der Waals surface area contributed by atoms with Crippen LogP contribution >= 0.6 is 27.5 Å². The van der Waals surface area contributed by atoms with Crippen molar-refractivity contribution in [3.8, 4) is 17.1 Å². The first-order valence-electron chi connectivity index (χ1n) is 8.26. The molecule has 0 atom stereocenters. The largest absolute Gasteiger partial charge is 0.488 e. The van der Waals surface area contributed by atoms with Crippen molar-refractivity contribution in [1.82, 2.24) is 9.97 Å². The average molecular weight is 442 g/mol. The summed E-state index contributed by atoms with van der Waals surface area (Å²) in [5.41, 5.74) is 2.16. The summed E-state index contributed by atoms with van der Waals surface area (Å²) in [5.74, 6) is 1.10. The van der Waals surface area contributed by atoms with E-state index in [2.05, 4.69) is 25.9 Å². The lowest BCUT2D eigenvalue weighted by molar-refractivity contribution is 0.307. The number of nitrogens with one attached hydrogen (secondary N) is 1. The van der Waals surface area contributed by atoms with E-state index < -0.39 is 0 Å². The molecule has 0 saturated carbocycles. The Morgan fingerprint density at radius 2 is 1.81 bits per heavy atom. The van der Waals surface area contributed by atoms with Crippen LogP contribution in [0.15, 0.2) is 76.0 Å². The van der Waals surface area contributed by atoms with Crippen LogP contribution < -0.4 is 10.3 Å². The molecule has 0 saturated heterocycles. The molecule has 0 amide bonds. The van der Waals surface area contributed by atoms with Gasteiger partial charge in [-0.25, -0.2) is 4.98 Å². The van der Waals surface area contributed by atoms with Crippen molar-refractivity contribution in [2.75, 3.05) is 0 Å². The molecule has 4 aromatic rings. The second-order valence-electron chi connectivity index (χ2n) is 5.99. The summed E-state index contributed by atoms with van der Waals surface area (Å²) in [6, 6.07) is 20.3. The molecule has 0 bridgehead atoms. The summed E-state index contributed by atoms with van der Waals surface area (Å²) < 4.78 is 6.87. The monoisotopic (exact) mass is 440 g/mol. The maximum absolute atomic E-state index is 12.4. The first-order chi connectivity index (χ1) is 13.1. The van der Waals surface area contributed by atoms with E-state index in [0.29, 0.717) is 39.7 Å². The van der Waals surface area contributed by atoms with Gasteiger partial charge in [0.2, 0.25) is 0 Å². The van der Waals surface area contributed by atoms with Gasteiger partial charge in [-0.2, -0.15) is 0 Å². The zero-order chi connectivity index (χ0) is 18.8. The Balaban J connectivity index is 1.73. The molecule has 0 aliphatic rings. The van der Waals surface area contributed by atoms with Crippen LogP contribution in [0.25, 0.3) is 22.3 Å². The van der Waals surface area contributed by atoms with Crippen molar-refractivity contribution in [3.63, 3.8) is 0 Å². The number of halogens is 2. The number of aromatic amines is 1. The van der Waals surface area contributed by atoms with Crippen molar-refractivity contribution in [2.24, 2.45) is 0 Å². The summed E-state index contributed by atoms with van der Waals surface area (Å²) >= 11 is 9.40. The molecule has 1 aromatic heterocycles. The minimum atomic E-state index is -0.181. The number of hydrogen-bond acceptors (Lipinski definition) is 3. The van der Waals surface area contributed by atoms with E-state index >= 15 is 0 Å². The number of hydrogen-bond donors (Lipinski definition) is 1. The zero-order valence-corrected chi connectivity index (χ0v) is 16.4. The summed E-state index contributed by atoms with van der Waals surface area (Å²) in [7, 11) is 0. The molecule has 0 fully saturated rings. The second-order valence-corrected chi connectivity index (χ2v) is 7.34. The molecule has 4 nitrogen and oxygen atoms in total. The molecule has 0 aliphatic carbocycles. The van der Waals surface area contributed by atoms with Crippen molar-refractivity contribution >= 4 is 38.4 Å². The fourth-order valence-electron chi connectivity index (χ4n) is 2.77. The van der Waals surface area contributed by atoms with Crippen LogP contribution in [0.5, 0.6) is 5.75 Å². The third-order valence-corrected chi connectivity index (χ3v) is 4.86. The smallest absolute Gasteiger partial charge is 0.259 e. The molecule has 0 radical (unpaired) electrons. The number of nitrogens with zero attached hydrogens (tertiary/aromatic N) is 1. The molecule has 0 unspecified atom stereocenters. The molecule has 0 spiro atoms. The van der Waals surface area contributed by atoms with Crippen LogP contribution in [0.1, 0.15) is 5.56 Å². The first kappa shape index (κ1) is 17.8. The normalized spacial score (nSPS) is 10.9. The molecule has 0 aliphatic heterocycles. The van der Waals surface area contributed by atoms with Gasteiger partial charge in [0.1, 0.15) is 18.2 Å². The van der Waals surface area contributed by atoms with Gasteiger partial charge in [0.05, 0.1) is 16.5 Å². The van der Waals surface area contributed by atoms with E-state index in [1.807, 2.05) is 60.7 Å². The Kier molecular flexibility index (Phi) is 4.97. The Labute approximate surface area is 168 Å². The van der Waals surface area contributed by atoms with Crippen molar-refractivity contribution in [2.45, 2.75) is 6.61 Å². The van der Waals surface area contributed by atoms with Crippen LogP contribution in [0.4, 0.5) is 0 Å². The quantitative estimate of drug-likeness (QED) is 0.449. The number of ether oxygens (including phenoxy) is 1. The van der Waals surface area contributed by atoms with Gasteiger partial charge in [0, 0.05) is 9.50 Å². The fourth-order valence-corrected chi connectivity index (χ4v) is 3.26. The Hall–Kier alpha value is -2.63. The third kappa shape index (κ3) is 3.89. The number of H-pyrrole nitrogens is 1. The Bertz CT molecular complexity index is 1170. The highest BCUT2D eigenvalue weighted by molar-refractivity contribution is 9.10. The highest BCUT2D eigenvalue weighted by Crippen LogP contribution is 2.31.